The summed E-state index contributed by atoms with van der Waals surface area (Å²) in [6.45, 7) is 4.84. The summed E-state index contributed by atoms with van der Waals surface area (Å²) in [5.74, 6) is 0.574. The molecule has 0 radical (unpaired) electrons. The Hall–Kier alpha value is -1.88. The molecule has 1 aromatic rings. The SMILES string of the molecule is CNC(=O)c1ccc(CN(C)[C@H](C)C(=O)N[C@@H]2CCCC[C@@H]2C)cc1. The van der Waals surface area contributed by atoms with Crippen LogP contribution in [0.15, 0.2) is 24.3 Å². The van der Waals surface area contributed by atoms with Crippen LogP contribution in [0.1, 0.15) is 55.5 Å². The van der Waals surface area contributed by atoms with Crippen molar-refractivity contribution < 1.29 is 9.59 Å². The summed E-state index contributed by atoms with van der Waals surface area (Å²) >= 11 is 0. The largest absolute Gasteiger partial charge is 0.355 e. The quantitative estimate of drug-likeness (QED) is 0.833. The predicted octanol–water partition coefficient (Wildman–Crippen LogP) is 2.56. The fraction of sp³-hybridized carbons (Fsp3) is 0.600. The van der Waals surface area contributed by atoms with Crippen LogP contribution < -0.4 is 10.6 Å². The van der Waals surface area contributed by atoms with Crippen LogP contribution in [-0.2, 0) is 11.3 Å². The number of carbonyl (C=O) groups excluding carboxylic acids is 2. The van der Waals surface area contributed by atoms with E-state index in [2.05, 4.69) is 17.6 Å². The molecule has 1 fully saturated rings. The Morgan fingerprint density at radius 3 is 2.44 bits per heavy atom. The number of likely N-dealkylation sites (N-methyl/N-ethyl adjacent to an activating group) is 1. The third-order valence-electron chi connectivity index (χ3n) is 5.35. The van der Waals surface area contributed by atoms with E-state index in [9.17, 15) is 9.59 Å². The second kappa shape index (κ2) is 8.99. The highest BCUT2D eigenvalue weighted by atomic mass is 16.2. The molecule has 1 aliphatic carbocycles. The molecule has 0 heterocycles. The van der Waals surface area contributed by atoms with Crippen LogP contribution in [0.2, 0.25) is 0 Å². The molecule has 5 heteroatoms. The summed E-state index contributed by atoms with van der Waals surface area (Å²) in [6.07, 6.45) is 4.77. The molecule has 0 bridgehead atoms. The molecular formula is C20H31N3O2. The summed E-state index contributed by atoms with van der Waals surface area (Å²) in [7, 11) is 3.58. The van der Waals surface area contributed by atoms with E-state index < -0.39 is 0 Å². The average Bonchev–Trinajstić information content (AvgIpc) is 2.62. The maximum Gasteiger partial charge on any atom is 0.251 e. The molecule has 1 aromatic carbocycles. The molecular weight excluding hydrogens is 314 g/mol. The number of carbonyl (C=O) groups is 2. The predicted molar refractivity (Wildman–Crippen MR) is 100 cm³/mol. The average molecular weight is 345 g/mol. The number of hydrogen-bond acceptors (Lipinski definition) is 3. The van der Waals surface area contributed by atoms with Gasteiger partial charge in [-0.1, -0.05) is 31.9 Å². The lowest BCUT2D eigenvalue weighted by Gasteiger charge is -2.32. The van der Waals surface area contributed by atoms with Crippen LogP contribution in [0.3, 0.4) is 0 Å². The number of nitrogens with zero attached hydrogens (tertiary/aromatic N) is 1. The molecule has 0 aromatic heterocycles. The molecule has 25 heavy (non-hydrogen) atoms. The molecule has 1 aliphatic rings. The van der Waals surface area contributed by atoms with Crippen LogP contribution in [0.25, 0.3) is 0 Å². The van der Waals surface area contributed by atoms with E-state index in [0.717, 1.165) is 12.0 Å². The van der Waals surface area contributed by atoms with Crippen molar-refractivity contribution in [2.75, 3.05) is 14.1 Å². The molecule has 0 saturated heterocycles. The Labute approximate surface area is 151 Å². The van der Waals surface area contributed by atoms with E-state index in [4.69, 9.17) is 0 Å². The van der Waals surface area contributed by atoms with Crippen molar-refractivity contribution in [3.05, 3.63) is 35.4 Å². The first-order valence-corrected chi connectivity index (χ1v) is 9.24. The molecule has 0 aliphatic heterocycles. The van der Waals surface area contributed by atoms with E-state index in [1.807, 2.05) is 43.1 Å². The lowest BCUT2D eigenvalue weighted by Crippen LogP contribution is -2.49. The van der Waals surface area contributed by atoms with E-state index in [1.54, 1.807) is 7.05 Å². The van der Waals surface area contributed by atoms with Gasteiger partial charge in [-0.15, -0.1) is 0 Å². The van der Waals surface area contributed by atoms with Gasteiger partial charge in [0.1, 0.15) is 0 Å². The molecule has 5 nitrogen and oxygen atoms in total. The van der Waals surface area contributed by atoms with Crippen LogP contribution in [-0.4, -0.2) is 42.9 Å². The minimum absolute atomic E-state index is 0.0887. The summed E-state index contributed by atoms with van der Waals surface area (Å²) in [5, 5.41) is 5.85. The molecule has 0 unspecified atom stereocenters. The van der Waals surface area contributed by atoms with Gasteiger partial charge in [-0.05, 0) is 50.4 Å². The summed E-state index contributed by atoms with van der Waals surface area (Å²) in [5.41, 5.74) is 1.73. The number of amides is 2. The zero-order valence-corrected chi connectivity index (χ0v) is 15.8. The van der Waals surface area contributed by atoms with Crippen molar-refractivity contribution in [1.82, 2.24) is 15.5 Å². The highest BCUT2D eigenvalue weighted by molar-refractivity contribution is 5.93. The molecule has 2 amide bonds. The number of rotatable bonds is 6. The van der Waals surface area contributed by atoms with E-state index >= 15 is 0 Å². The fourth-order valence-electron chi connectivity index (χ4n) is 3.36. The Bertz CT molecular complexity index is 585. The standard InChI is InChI=1S/C20H31N3O2/c1-14-7-5-6-8-18(14)22-19(24)15(2)23(4)13-16-9-11-17(12-10-16)20(25)21-3/h9-12,14-15,18H,5-8,13H2,1-4H3,(H,21,25)(H,22,24)/t14-,15+,18+/m0/s1. The lowest BCUT2D eigenvalue weighted by molar-refractivity contribution is -0.126. The van der Waals surface area contributed by atoms with Crippen molar-refractivity contribution >= 4 is 11.8 Å². The van der Waals surface area contributed by atoms with Gasteiger partial charge in [-0.25, -0.2) is 0 Å². The van der Waals surface area contributed by atoms with Crippen molar-refractivity contribution in [3.63, 3.8) is 0 Å². The second-order valence-electron chi connectivity index (χ2n) is 7.24. The number of hydrogen-bond donors (Lipinski definition) is 2. The normalized spacial score (nSPS) is 21.6. The minimum Gasteiger partial charge on any atom is -0.355 e. The second-order valence-corrected chi connectivity index (χ2v) is 7.24. The first-order valence-electron chi connectivity index (χ1n) is 9.24. The van der Waals surface area contributed by atoms with Crippen LogP contribution in [0.5, 0.6) is 0 Å². The topological polar surface area (TPSA) is 61.4 Å². The Balaban J connectivity index is 1.89. The van der Waals surface area contributed by atoms with Gasteiger partial charge in [0.2, 0.25) is 5.91 Å². The summed E-state index contributed by atoms with van der Waals surface area (Å²) < 4.78 is 0. The van der Waals surface area contributed by atoms with E-state index in [1.165, 1.54) is 19.3 Å². The third kappa shape index (κ3) is 5.30. The van der Waals surface area contributed by atoms with Gasteiger partial charge in [0, 0.05) is 25.2 Å². The number of nitrogens with one attached hydrogen (secondary N) is 2. The molecule has 2 rings (SSSR count). The van der Waals surface area contributed by atoms with Gasteiger partial charge in [-0.3, -0.25) is 14.5 Å². The zero-order chi connectivity index (χ0) is 18.4. The molecule has 138 valence electrons. The van der Waals surface area contributed by atoms with Crippen molar-refractivity contribution in [3.8, 4) is 0 Å². The van der Waals surface area contributed by atoms with Gasteiger partial charge in [0.05, 0.1) is 6.04 Å². The first kappa shape index (κ1) is 19.4. The highest BCUT2D eigenvalue weighted by Gasteiger charge is 2.26. The van der Waals surface area contributed by atoms with Crippen LogP contribution in [0, 0.1) is 5.92 Å². The van der Waals surface area contributed by atoms with Gasteiger partial charge < -0.3 is 10.6 Å². The highest BCUT2D eigenvalue weighted by Crippen LogP contribution is 2.23. The Morgan fingerprint density at radius 2 is 1.84 bits per heavy atom. The smallest absolute Gasteiger partial charge is 0.251 e. The molecule has 1 saturated carbocycles. The molecule has 0 spiro atoms. The van der Waals surface area contributed by atoms with Gasteiger partial charge in [-0.2, -0.15) is 0 Å². The van der Waals surface area contributed by atoms with Crippen molar-refractivity contribution in [1.29, 1.82) is 0 Å². The third-order valence-corrected chi connectivity index (χ3v) is 5.35. The summed E-state index contributed by atoms with van der Waals surface area (Å²) in [6, 6.07) is 7.63. The van der Waals surface area contributed by atoms with Crippen LogP contribution >= 0.6 is 0 Å². The maximum absolute atomic E-state index is 12.6. The Kier molecular flexibility index (Phi) is 7.00. The fourth-order valence-corrected chi connectivity index (χ4v) is 3.36. The van der Waals surface area contributed by atoms with Gasteiger partial charge in [0.15, 0.2) is 0 Å². The first-order chi connectivity index (χ1) is 11.9. The van der Waals surface area contributed by atoms with E-state index in [0.29, 0.717) is 24.1 Å². The molecule has 3 atom stereocenters. The Morgan fingerprint density at radius 1 is 1.20 bits per heavy atom. The van der Waals surface area contributed by atoms with Crippen molar-refractivity contribution in [2.24, 2.45) is 5.92 Å². The van der Waals surface area contributed by atoms with E-state index in [-0.39, 0.29) is 17.9 Å². The minimum atomic E-state index is -0.187. The number of benzene rings is 1. The van der Waals surface area contributed by atoms with Crippen molar-refractivity contribution in [2.45, 2.75) is 58.2 Å². The maximum atomic E-state index is 12.6. The lowest BCUT2D eigenvalue weighted by atomic mass is 9.86. The summed E-state index contributed by atoms with van der Waals surface area (Å²) in [4.78, 5) is 26.2. The zero-order valence-electron chi connectivity index (χ0n) is 15.8. The van der Waals surface area contributed by atoms with Gasteiger partial charge >= 0.3 is 0 Å². The monoisotopic (exact) mass is 345 g/mol. The van der Waals surface area contributed by atoms with Crippen LogP contribution in [0.4, 0.5) is 0 Å². The molecule has 2 N–H and O–H groups in total. The van der Waals surface area contributed by atoms with Gasteiger partial charge in [0.25, 0.3) is 5.91 Å².